The summed E-state index contributed by atoms with van der Waals surface area (Å²) in [5.41, 5.74) is 1.01. The van der Waals surface area contributed by atoms with Gasteiger partial charge < -0.3 is 10.1 Å². The zero-order valence-electron chi connectivity index (χ0n) is 11.2. The lowest BCUT2D eigenvalue weighted by atomic mass is 10.0. The van der Waals surface area contributed by atoms with Crippen LogP contribution in [0.5, 0.6) is 5.75 Å². The summed E-state index contributed by atoms with van der Waals surface area (Å²) in [6, 6.07) is 5.37. The Bertz CT molecular complexity index is 394. The highest BCUT2D eigenvalue weighted by Crippen LogP contribution is 2.31. The Labute approximate surface area is 109 Å². The van der Waals surface area contributed by atoms with E-state index in [1.807, 2.05) is 0 Å². The van der Waals surface area contributed by atoms with Crippen LogP contribution in [0.3, 0.4) is 0 Å². The average Bonchev–Trinajstić information content (AvgIpc) is 2.71. The van der Waals surface area contributed by atoms with Crippen molar-refractivity contribution >= 4 is 0 Å². The predicted molar refractivity (Wildman–Crippen MR) is 71.5 cm³/mol. The second kappa shape index (κ2) is 6.19. The summed E-state index contributed by atoms with van der Waals surface area (Å²) in [5.74, 6) is 0.694. The van der Waals surface area contributed by atoms with Crippen LogP contribution in [0.4, 0.5) is 4.39 Å². The first kappa shape index (κ1) is 13.3. The molecule has 1 aliphatic heterocycles. The third kappa shape index (κ3) is 3.45. The fourth-order valence-corrected chi connectivity index (χ4v) is 2.55. The molecule has 1 heterocycles. The monoisotopic (exact) mass is 251 g/mol. The first-order chi connectivity index (χ1) is 8.69. The Balaban J connectivity index is 1.74. The minimum atomic E-state index is -0.168. The largest absolute Gasteiger partial charge is 0.490 e. The van der Waals surface area contributed by atoms with E-state index in [1.165, 1.54) is 12.5 Å². The lowest BCUT2D eigenvalue weighted by molar-refractivity contribution is 0.215. The number of nitrogens with one attached hydrogen (secondary N) is 1. The quantitative estimate of drug-likeness (QED) is 0.837. The molecule has 1 aliphatic rings. The van der Waals surface area contributed by atoms with Crippen molar-refractivity contribution in [2.75, 3.05) is 6.54 Å². The van der Waals surface area contributed by atoms with Crippen LogP contribution >= 0.6 is 0 Å². The number of rotatable bonds is 6. The van der Waals surface area contributed by atoms with E-state index in [4.69, 9.17) is 4.74 Å². The van der Waals surface area contributed by atoms with Gasteiger partial charge in [-0.05, 0) is 50.9 Å². The molecule has 2 atom stereocenters. The van der Waals surface area contributed by atoms with Crippen molar-refractivity contribution in [1.29, 1.82) is 0 Å². The SMILES string of the molecule is CCNC(C)CCCC1Cc2cc(F)ccc2O1. The van der Waals surface area contributed by atoms with Crippen LogP contribution in [-0.4, -0.2) is 18.7 Å². The second-order valence-electron chi connectivity index (χ2n) is 5.09. The minimum absolute atomic E-state index is 0.168. The van der Waals surface area contributed by atoms with E-state index < -0.39 is 0 Å². The van der Waals surface area contributed by atoms with Crippen LogP contribution in [0.25, 0.3) is 0 Å². The van der Waals surface area contributed by atoms with Crippen LogP contribution in [0.15, 0.2) is 18.2 Å². The Morgan fingerprint density at radius 3 is 3.11 bits per heavy atom. The highest BCUT2D eigenvalue weighted by atomic mass is 19.1. The molecule has 1 aromatic carbocycles. The summed E-state index contributed by atoms with van der Waals surface area (Å²) < 4.78 is 18.9. The molecule has 1 N–H and O–H groups in total. The highest BCUT2D eigenvalue weighted by Gasteiger charge is 2.22. The van der Waals surface area contributed by atoms with Gasteiger partial charge in [0.15, 0.2) is 0 Å². The number of hydrogen-bond acceptors (Lipinski definition) is 2. The van der Waals surface area contributed by atoms with Crippen molar-refractivity contribution in [1.82, 2.24) is 5.32 Å². The van der Waals surface area contributed by atoms with Gasteiger partial charge in [0.2, 0.25) is 0 Å². The van der Waals surface area contributed by atoms with Gasteiger partial charge in [-0.2, -0.15) is 0 Å². The molecule has 1 aromatic rings. The minimum Gasteiger partial charge on any atom is -0.490 e. The molecule has 0 aromatic heterocycles. The first-order valence-corrected chi connectivity index (χ1v) is 6.87. The number of hydrogen-bond donors (Lipinski definition) is 1. The number of fused-ring (bicyclic) bond motifs is 1. The molecule has 0 saturated carbocycles. The maximum atomic E-state index is 13.1. The zero-order chi connectivity index (χ0) is 13.0. The van der Waals surface area contributed by atoms with Crippen LogP contribution in [0, 0.1) is 5.82 Å². The molecule has 0 amide bonds. The molecule has 2 rings (SSSR count). The average molecular weight is 251 g/mol. The molecule has 0 saturated heterocycles. The van der Waals surface area contributed by atoms with Gasteiger partial charge in [-0.3, -0.25) is 0 Å². The van der Waals surface area contributed by atoms with E-state index in [1.54, 1.807) is 12.1 Å². The van der Waals surface area contributed by atoms with Crippen LogP contribution in [-0.2, 0) is 6.42 Å². The van der Waals surface area contributed by atoms with Gasteiger partial charge >= 0.3 is 0 Å². The summed E-state index contributed by atoms with van der Waals surface area (Å²) in [6.45, 7) is 5.36. The fraction of sp³-hybridized carbons (Fsp3) is 0.600. The summed E-state index contributed by atoms with van der Waals surface area (Å²) in [5, 5.41) is 3.41. The maximum absolute atomic E-state index is 13.1. The lowest BCUT2D eigenvalue weighted by Gasteiger charge is -2.14. The standard InChI is InChI=1S/C15H22FNO/c1-3-17-11(2)5-4-6-14-10-12-9-13(16)7-8-15(12)18-14/h7-9,11,14,17H,3-6,10H2,1-2H3. The van der Waals surface area contributed by atoms with Crippen molar-refractivity contribution in [2.45, 2.75) is 51.7 Å². The zero-order valence-corrected chi connectivity index (χ0v) is 11.2. The van der Waals surface area contributed by atoms with E-state index in [0.29, 0.717) is 6.04 Å². The van der Waals surface area contributed by atoms with Gasteiger partial charge in [0.25, 0.3) is 0 Å². The molecule has 0 fully saturated rings. The fourth-order valence-electron chi connectivity index (χ4n) is 2.55. The number of ether oxygens (including phenoxy) is 1. The molecule has 2 nitrogen and oxygen atoms in total. The summed E-state index contributed by atoms with van der Waals surface area (Å²) >= 11 is 0. The molecule has 2 unspecified atom stereocenters. The summed E-state index contributed by atoms with van der Waals surface area (Å²) in [4.78, 5) is 0. The molecular formula is C15H22FNO. The lowest BCUT2D eigenvalue weighted by Crippen LogP contribution is -2.25. The van der Waals surface area contributed by atoms with E-state index >= 15 is 0 Å². The molecule has 0 aliphatic carbocycles. The third-order valence-corrected chi connectivity index (χ3v) is 3.48. The summed E-state index contributed by atoms with van der Waals surface area (Å²) in [7, 11) is 0. The predicted octanol–water partition coefficient (Wildman–Crippen LogP) is 3.30. The molecular weight excluding hydrogens is 229 g/mol. The van der Waals surface area contributed by atoms with Gasteiger partial charge in [-0.25, -0.2) is 4.39 Å². The van der Waals surface area contributed by atoms with Crippen molar-refractivity contribution in [3.05, 3.63) is 29.6 Å². The normalized spacial score (nSPS) is 19.4. The molecule has 0 spiro atoms. The maximum Gasteiger partial charge on any atom is 0.123 e. The summed E-state index contributed by atoms with van der Waals surface area (Å²) in [6.07, 6.45) is 4.44. The van der Waals surface area contributed by atoms with E-state index in [0.717, 1.165) is 37.1 Å². The van der Waals surface area contributed by atoms with Crippen molar-refractivity contribution in [2.24, 2.45) is 0 Å². The third-order valence-electron chi connectivity index (χ3n) is 3.48. The van der Waals surface area contributed by atoms with E-state index in [9.17, 15) is 4.39 Å². The van der Waals surface area contributed by atoms with Gasteiger partial charge in [-0.15, -0.1) is 0 Å². The Morgan fingerprint density at radius 1 is 1.50 bits per heavy atom. The van der Waals surface area contributed by atoms with Gasteiger partial charge in [0.05, 0.1) is 0 Å². The van der Waals surface area contributed by atoms with Crippen molar-refractivity contribution in [3.8, 4) is 5.75 Å². The van der Waals surface area contributed by atoms with Gasteiger partial charge in [0.1, 0.15) is 17.7 Å². The van der Waals surface area contributed by atoms with Crippen molar-refractivity contribution in [3.63, 3.8) is 0 Å². The smallest absolute Gasteiger partial charge is 0.123 e. The van der Waals surface area contributed by atoms with E-state index in [-0.39, 0.29) is 11.9 Å². The molecule has 18 heavy (non-hydrogen) atoms. The van der Waals surface area contributed by atoms with Crippen LogP contribution < -0.4 is 10.1 Å². The molecule has 0 radical (unpaired) electrons. The van der Waals surface area contributed by atoms with Crippen LogP contribution in [0.1, 0.15) is 38.7 Å². The molecule has 0 bridgehead atoms. The van der Waals surface area contributed by atoms with E-state index in [2.05, 4.69) is 19.2 Å². The Hall–Kier alpha value is -1.09. The number of halogens is 1. The molecule has 100 valence electrons. The van der Waals surface area contributed by atoms with Gasteiger partial charge in [0, 0.05) is 18.0 Å². The Morgan fingerprint density at radius 2 is 2.33 bits per heavy atom. The molecule has 3 heteroatoms. The second-order valence-corrected chi connectivity index (χ2v) is 5.09. The highest BCUT2D eigenvalue weighted by molar-refractivity contribution is 5.37. The number of benzene rings is 1. The van der Waals surface area contributed by atoms with Crippen molar-refractivity contribution < 1.29 is 9.13 Å². The topological polar surface area (TPSA) is 21.3 Å². The van der Waals surface area contributed by atoms with Crippen LogP contribution in [0.2, 0.25) is 0 Å². The first-order valence-electron chi connectivity index (χ1n) is 6.87. The van der Waals surface area contributed by atoms with Gasteiger partial charge in [-0.1, -0.05) is 6.92 Å². The Kier molecular flexibility index (Phi) is 4.59.